The van der Waals surface area contributed by atoms with Crippen LogP contribution in [-0.4, -0.2) is 82.8 Å². The van der Waals surface area contributed by atoms with Crippen molar-refractivity contribution in [3.8, 4) is 11.5 Å². The molecule has 11 nitrogen and oxygen atoms in total. The van der Waals surface area contributed by atoms with E-state index in [1.54, 1.807) is 0 Å². The molecule has 1 aliphatic rings. The van der Waals surface area contributed by atoms with Gasteiger partial charge in [0.25, 0.3) is 0 Å². The Morgan fingerprint density at radius 1 is 1.15 bits per heavy atom. The summed E-state index contributed by atoms with van der Waals surface area (Å²) in [5.74, 6) is 0.875. The maximum atomic E-state index is 12.8. The highest BCUT2D eigenvalue weighted by molar-refractivity contribution is 6.41. The number of urea groups is 1. The summed E-state index contributed by atoms with van der Waals surface area (Å²) in [6, 6.07) is 7.00. The number of carbonyl (C=O) groups excluding carboxylic acids is 1. The fraction of sp³-hybridized carbons (Fsp3) is 0.385. The van der Waals surface area contributed by atoms with E-state index in [2.05, 4.69) is 50.3 Å². The molecular formula is C26H36Cl2N8O3. The van der Waals surface area contributed by atoms with Crippen molar-refractivity contribution in [1.82, 2.24) is 15.1 Å². The van der Waals surface area contributed by atoms with Crippen LogP contribution in [0.4, 0.5) is 27.5 Å². The third-order valence-electron chi connectivity index (χ3n) is 6.42. The fourth-order valence-corrected chi connectivity index (χ4v) is 4.53. The zero-order chi connectivity index (χ0) is 28.5. The molecule has 2 amide bonds. The molecular weight excluding hydrogens is 543 g/mol. The Morgan fingerprint density at radius 3 is 2.36 bits per heavy atom. The molecule has 0 unspecified atom stereocenters. The van der Waals surface area contributed by atoms with Crippen LogP contribution < -0.4 is 36.1 Å². The zero-order valence-corrected chi connectivity index (χ0v) is 24.2. The van der Waals surface area contributed by atoms with Gasteiger partial charge in [0.2, 0.25) is 0 Å². The molecule has 2 aromatic carbocycles. The first-order chi connectivity index (χ1) is 18.7. The van der Waals surface area contributed by atoms with Crippen molar-refractivity contribution < 1.29 is 14.3 Å². The van der Waals surface area contributed by atoms with E-state index < -0.39 is 6.03 Å². The van der Waals surface area contributed by atoms with E-state index in [0.29, 0.717) is 17.2 Å². The Bertz CT molecular complexity index is 1170. The van der Waals surface area contributed by atoms with Crippen LogP contribution in [0.2, 0.25) is 10.0 Å². The number of carbonyl (C=O) groups is 1. The minimum Gasteiger partial charge on any atom is -0.495 e. The molecule has 1 aliphatic heterocycles. The molecule has 0 saturated carbocycles. The van der Waals surface area contributed by atoms with Crippen molar-refractivity contribution in [2.24, 2.45) is 4.99 Å². The summed E-state index contributed by atoms with van der Waals surface area (Å²) in [6.07, 6.45) is 1.44. The fourth-order valence-electron chi connectivity index (χ4n) is 3.93. The van der Waals surface area contributed by atoms with Gasteiger partial charge in [0.1, 0.15) is 34.0 Å². The summed E-state index contributed by atoms with van der Waals surface area (Å²) in [5, 5.41) is 8.99. The standard InChI is InChI=1S/C26H36Cl2N8O3/c1-6-35-9-11-36(12-10-35)18-7-8-20(19(29)13-18)32-16-30-15-31-17(2)34(3)26(37)33-25-23(27)21(38-4)14-22(39-5)24(25)28/h7-8,13-15,32H,2,6,9-12,16,29H2,1,3-5H3,(H,30,31)(H,33,37). The number of nitrogens with two attached hydrogens (primary N) is 1. The number of nitrogens with zero attached hydrogens (tertiary/aromatic N) is 4. The Hall–Kier alpha value is -3.54. The van der Waals surface area contributed by atoms with E-state index >= 15 is 0 Å². The Kier molecular flexibility index (Phi) is 10.8. The van der Waals surface area contributed by atoms with Crippen LogP contribution in [0.15, 0.2) is 41.7 Å². The number of anilines is 4. The molecule has 5 N–H and O–H groups in total. The maximum Gasteiger partial charge on any atom is 0.327 e. The zero-order valence-electron chi connectivity index (χ0n) is 22.7. The van der Waals surface area contributed by atoms with Gasteiger partial charge in [0, 0.05) is 45.0 Å². The number of aliphatic imine (C=N–C) groups is 1. The molecule has 2 aromatic rings. The number of piperazine rings is 1. The number of halogens is 2. The molecule has 0 bridgehead atoms. The lowest BCUT2D eigenvalue weighted by atomic mass is 10.2. The Labute approximate surface area is 239 Å². The van der Waals surface area contributed by atoms with Gasteiger partial charge in [-0.05, 0) is 24.7 Å². The Morgan fingerprint density at radius 2 is 1.79 bits per heavy atom. The number of rotatable bonds is 11. The van der Waals surface area contributed by atoms with E-state index in [-0.39, 0.29) is 28.2 Å². The molecule has 0 radical (unpaired) electrons. The van der Waals surface area contributed by atoms with E-state index in [9.17, 15) is 4.79 Å². The van der Waals surface area contributed by atoms with E-state index in [0.717, 1.165) is 44.1 Å². The van der Waals surface area contributed by atoms with Crippen LogP contribution in [0.3, 0.4) is 0 Å². The number of hydrogen-bond donors (Lipinski definition) is 4. The number of methoxy groups -OCH3 is 2. The van der Waals surface area contributed by atoms with E-state index in [1.165, 1.54) is 38.6 Å². The number of ether oxygens (including phenoxy) is 2. The van der Waals surface area contributed by atoms with Gasteiger partial charge in [-0.3, -0.25) is 9.89 Å². The van der Waals surface area contributed by atoms with Crippen LogP contribution in [0, 0.1) is 0 Å². The van der Waals surface area contributed by atoms with Gasteiger partial charge in [-0.1, -0.05) is 36.7 Å². The third-order valence-corrected chi connectivity index (χ3v) is 7.17. The van der Waals surface area contributed by atoms with Crippen LogP contribution in [0.25, 0.3) is 0 Å². The predicted octanol–water partition coefficient (Wildman–Crippen LogP) is 4.36. The molecule has 0 aromatic heterocycles. The quantitative estimate of drug-likeness (QED) is 0.176. The lowest BCUT2D eigenvalue weighted by Crippen LogP contribution is -2.46. The lowest BCUT2D eigenvalue weighted by molar-refractivity contribution is 0.231. The monoisotopic (exact) mass is 578 g/mol. The second-order valence-corrected chi connectivity index (χ2v) is 9.46. The van der Waals surface area contributed by atoms with Crippen molar-refractivity contribution in [2.45, 2.75) is 6.92 Å². The minimum atomic E-state index is -0.540. The van der Waals surface area contributed by atoms with Crippen LogP contribution >= 0.6 is 23.2 Å². The van der Waals surface area contributed by atoms with E-state index in [4.69, 9.17) is 38.4 Å². The molecule has 1 fully saturated rings. The average Bonchev–Trinajstić information content (AvgIpc) is 2.95. The Balaban J connectivity index is 1.49. The van der Waals surface area contributed by atoms with Crippen LogP contribution in [0.1, 0.15) is 6.92 Å². The maximum absolute atomic E-state index is 12.8. The summed E-state index contributed by atoms with van der Waals surface area (Å²) < 4.78 is 10.5. The molecule has 212 valence electrons. The second-order valence-electron chi connectivity index (χ2n) is 8.70. The van der Waals surface area contributed by atoms with Crippen LogP contribution in [-0.2, 0) is 0 Å². The summed E-state index contributed by atoms with van der Waals surface area (Å²) >= 11 is 12.7. The smallest absolute Gasteiger partial charge is 0.327 e. The van der Waals surface area contributed by atoms with Gasteiger partial charge in [0.05, 0.1) is 37.6 Å². The average molecular weight is 580 g/mol. The summed E-state index contributed by atoms with van der Waals surface area (Å²) in [7, 11) is 4.43. The number of nitrogen functional groups attached to an aromatic ring is 1. The molecule has 3 rings (SSSR count). The van der Waals surface area contributed by atoms with Gasteiger partial charge in [0.15, 0.2) is 0 Å². The first kappa shape index (κ1) is 30.0. The lowest BCUT2D eigenvalue weighted by Gasteiger charge is -2.35. The van der Waals surface area contributed by atoms with Crippen molar-refractivity contribution >= 4 is 58.3 Å². The van der Waals surface area contributed by atoms with Gasteiger partial charge >= 0.3 is 6.03 Å². The molecule has 0 spiro atoms. The number of likely N-dealkylation sites (N-methyl/N-ethyl adjacent to an activating group) is 1. The van der Waals surface area contributed by atoms with Crippen molar-refractivity contribution in [1.29, 1.82) is 0 Å². The van der Waals surface area contributed by atoms with Crippen LogP contribution in [0.5, 0.6) is 11.5 Å². The first-order valence-corrected chi connectivity index (χ1v) is 13.1. The molecule has 1 heterocycles. The van der Waals surface area contributed by atoms with E-state index in [1.807, 2.05) is 12.1 Å². The highest BCUT2D eigenvalue weighted by Gasteiger charge is 2.21. The number of amides is 2. The van der Waals surface area contributed by atoms with Gasteiger partial charge < -0.3 is 41.0 Å². The first-order valence-electron chi connectivity index (χ1n) is 12.4. The van der Waals surface area contributed by atoms with Crippen molar-refractivity contribution in [3.63, 3.8) is 0 Å². The van der Waals surface area contributed by atoms with Gasteiger partial charge in [-0.15, -0.1) is 0 Å². The van der Waals surface area contributed by atoms with Gasteiger partial charge in [-0.2, -0.15) is 0 Å². The highest BCUT2D eigenvalue weighted by atomic mass is 35.5. The SMILES string of the molecule is C=C(NC=NCNc1ccc(N2CCN(CC)CC2)cc1N)N(C)C(=O)Nc1c(Cl)c(OC)cc(OC)c1Cl. The predicted molar refractivity (Wildman–Crippen MR) is 161 cm³/mol. The molecule has 1 saturated heterocycles. The topological polar surface area (TPSA) is 120 Å². The largest absolute Gasteiger partial charge is 0.495 e. The normalized spacial score (nSPS) is 13.7. The number of hydrogen-bond acceptors (Lipinski definition) is 8. The number of benzene rings is 2. The van der Waals surface area contributed by atoms with Crippen molar-refractivity contribution in [2.75, 3.05) is 81.9 Å². The highest BCUT2D eigenvalue weighted by Crippen LogP contribution is 2.44. The second kappa shape index (κ2) is 14.0. The summed E-state index contributed by atoms with van der Waals surface area (Å²) in [5.41, 5.74) is 8.99. The van der Waals surface area contributed by atoms with Crippen molar-refractivity contribution in [3.05, 3.63) is 46.7 Å². The third kappa shape index (κ3) is 7.53. The van der Waals surface area contributed by atoms with Gasteiger partial charge in [-0.25, -0.2) is 4.79 Å². The molecule has 0 aliphatic carbocycles. The number of nitrogens with one attached hydrogen (secondary N) is 3. The molecule has 0 atom stereocenters. The molecule has 39 heavy (non-hydrogen) atoms. The minimum absolute atomic E-state index is 0.141. The molecule has 13 heteroatoms. The summed E-state index contributed by atoms with van der Waals surface area (Å²) in [6.45, 7) is 11.5. The summed E-state index contributed by atoms with van der Waals surface area (Å²) in [4.78, 5) is 23.1.